The van der Waals surface area contributed by atoms with E-state index in [0.717, 1.165) is 12.8 Å². The van der Waals surface area contributed by atoms with Crippen molar-refractivity contribution in [3.8, 4) is 11.4 Å². The van der Waals surface area contributed by atoms with Gasteiger partial charge in [-0.1, -0.05) is 32.9 Å². The minimum Gasteiger partial charge on any atom is -0.480 e. The van der Waals surface area contributed by atoms with Crippen LogP contribution in [-0.4, -0.2) is 25.8 Å². The Balaban J connectivity index is 1.95. The first-order valence-electron chi connectivity index (χ1n) is 8.34. The van der Waals surface area contributed by atoms with Gasteiger partial charge in [0.25, 0.3) is 0 Å². The smallest absolute Gasteiger partial charge is 0.328 e. The van der Waals surface area contributed by atoms with Crippen LogP contribution in [0.1, 0.15) is 51.6 Å². The molecule has 1 aromatic carbocycles. The number of aliphatic carboxylic acids is 1. The number of halogens is 1. The Labute approximate surface area is 145 Å². The minimum absolute atomic E-state index is 0.0275. The molecule has 1 aliphatic rings. The molecule has 1 atom stereocenters. The molecule has 1 fully saturated rings. The van der Waals surface area contributed by atoms with Crippen molar-refractivity contribution in [2.24, 2.45) is 11.1 Å². The van der Waals surface area contributed by atoms with Crippen LogP contribution < -0.4 is 5.73 Å². The fraction of sp³-hybridized carbons (Fsp3) is 0.500. The molecule has 0 bridgehead atoms. The lowest BCUT2D eigenvalue weighted by molar-refractivity contribution is -0.145. The van der Waals surface area contributed by atoms with Gasteiger partial charge in [0.1, 0.15) is 17.7 Å². The van der Waals surface area contributed by atoms with Crippen LogP contribution >= 0.6 is 0 Å². The molecular weight excluding hydrogens is 323 g/mol. The van der Waals surface area contributed by atoms with Gasteiger partial charge in [0.2, 0.25) is 0 Å². The average Bonchev–Trinajstić information content (AvgIpc) is 3.22. The summed E-state index contributed by atoms with van der Waals surface area (Å²) in [6, 6.07) is 4.70. The summed E-state index contributed by atoms with van der Waals surface area (Å²) in [7, 11) is 0. The van der Waals surface area contributed by atoms with E-state index in [2.05, 4.69) is 10.1 Å². The van der Waals surface area contributed by atoms with Crippen molar-refractivity contribution in [2.75, 3.05) is 0 Å². The number of carboxylic acid groups (broad SMARTS) is 1. The topological polar surface area (TPSA) is 94.0 Å². The molecule has 3 rings (SSSR count). The number of rotatable bonds is 5. The number of nitrogens with zero attached hydrogens (tertiary/aromatic N) is 3. The summed E-state index contributed by atoms with van der Waals surface area (Å²) in [4.78, 5) is 16.0. The molecule has 6 nitrogen and oxygen atoms in total. The van der Waals surface area contributed by atoms with E-state index in [4.69, 9.17) is 5.73 Å². The monoisotopic (exact) mass is 346 g/mol. The Morgan fingerprint density at radius 2 is 2.08 bits per heavy atom. The van der Waals surface area contributed by atoms with Crippen LogP contribution in [0.5, 0.6) is 0 Å². The molecule has 0 aliphatic heterocycles. The van der Waals surface area contributed by atoms with E-state index >= 15 is 0 Å². The van der Waals surface area contributed by atoms with Crippen LogP contribution in [0.3, 0.4) is 0 Å². The lowest BCUT2D eigenvalue weighted by Gasteiger charge is -2.32. The van der Waals surface area contributed by atoms with Crippen LogP contribution in [-0.2, 0) is 10.3 Å². The molecule has 1 saturated carbocycles. The normalized spacial score (nSPS) is 17.3. The molecular formula is C18H23FN4O2. The average molecular weight is 346 g/mol. The van der Waals surface area contributed by atoms with Gasteiger partial charge in [0.15, 0.2) is 5.82 Å². The summed E-state index contributed by atoms with van der Waals surface area (Å²) in [6.07, 6.45) is 3.91. The minimum atomic E-state index is -1.79. The SMILES string of the molecule is CC(C)(C)C[C@](N)(C(=O)O)c1ccc(-c2ncn(C3CC3)n2)cc1F. The number of nitrogens with two attached hydrogens (primary N) is 1. The molecule has 0 spiro atoms. The summed E-state index contributed by atoms with van der Waals surface area (Å²) in [5, 5.41) is 14.0. The predicted molar refractivity (Wildman–Crippen MR) is 91.3 cm³/mol. The predicted octanol–water partition coefficient (Wildman–Crippen LogP) is 3.09. The summed E-state index contributed by atoms with van der Waals surface area (Å²) in [5.74, 6) is -1.48. The van der Waals surface area contributed by atoms with Crippen molar-refractivity contribution in [1.82, 2.24) is 14.8 Å². The Kier molecular flexibility index (Phi) is 4.15. The summed E-state index contributed by atoms with van der Waals surface area (Å²) < 4.78 is 16.5. The van der Waals surface area contributed by atoms with E-state index in [0.29, 0.717) is 17.4 Å². The van der Waals surface area contributed by atoms with E-state index in [9.17, 15) is 14.3 Å². The van der Waals surface area contributed by atoms with Gasteiger partial charge in [0.05, 0.1) is 6.04 Å². The second-order valence-electron chi connectivity index (χ2n) is 7.99. The van der Waals surface area contributed by atoms with E-state index < -0.39 is 17.3 Å². The Morgan fingerprint density at radius 3 is 2.60 bits per heavy atom. The zero-order valence-corrected chi connectivity index (χ0v) is 14.7. The number of aromatic nitrogens is 3. The third-order valence-corrected chi connectivity index (χ3v) is 4.33. The largest absolute Gasteiger partial charge is 0.480 e. The lowest BCUT2D eigenvalue weighted by atomic mass is 9.76. The molecule has 1 aromatic heterocycles. The maximum absolute atomic E-state index is 14.7. The third kappa shape index (κ3) is 3.56. The highest BCUT2D eigenvalue weighted by Gasteiger charge is 2.41. The summed E-state index contributed by atoms with van der Waals surface area (Å²) >= 11 is 0. The van der Waals surface area contributed by atoms with E-state index in [1.807, 2.05) is 20.8 Å². The Bertz CT molecular complexity index is 808. The van der Waals surface area contributed by atoms with Gasteiger partial charge < -0.3 is 10.8 Å². The molecule has 1 heterocycles. The van der Waals surface area contributed by atoms with Gasteiger partial charge in [-0.3, -0.25) is 0 Å². The molecule has 25 heavy (non-hydrogen) atoms. The summed E-state index contributed by atoms with van der Waals surface area (Å²) in [5.41, 5.74) is 4.43. The van der Waals surface area contributed by atoms with Crippen LogP contribution in [0.4, 0.5) is 4.39 Å². The molecule has 0 unspecified atom stereocenters. The molecule has 0 amide bonds. The zero-order valence-electron chi connectivity index (χ0n) is 14.7. The van der Waals surface area contributed by atoms with E-state index in [1.54, 1.807) is 17.1 Å². The van der Waals surface area contributed by atoms with Crippen LogP contribution in [0.2, 0.25) is 0 Å². The second kappa shape index (κ2) is 5.91. The van der Waals surface area contributed by atoms with Gasteiger partial charge in [-0.05, 0) is 30.7 Å². The Morgan fingerprint density at radius 1 is 1.40 bits per heavy atom. The Hall–Kier alpha value is -2.28. The molecule has 134 valence electrons. The first-order valence-corrected chi connectivity index (χ1v) is 8.34. The fourth-order valence-corrected chi connectivity index (χ4v) is 3.06. The highest BCUT2D eigenvalue weighted by Crippen LogP contribution is 2.36. The van der Waals surface area contributed by atoms with Crippen LogP contribution in [0.25, 0.3) is 11.4 Å². The van der Waals surface area contributed by atoms with Gasteiger partial charge >= 0.3 is 5.97 Å². The molecule has 7 heteroatoms. The van der Waals surface area contributed by atoms with Crippen LogP contribution in [0.15, 0.2) is 24.5 Å². The van der Waals surface area contributed by atoms with Crippen molar-refractivity contribution >= 4 is 5.97 Å². The number of benzene rings is 1. The fourth-order valence-electron chi connectivity index (χ4n) is 3.06. The van der Waals surface area contributed by atoms with E-state index in [1.165, 1.54) is 12.1 Å². The maximum atomic E-state index is 14.7. The molecule has 2 aromatic rings. The van der Waals surface area contributed by atoms with Crippen molar-refractivity contribution in [3.63, 3.8) is 0 Å². The highest BCUT2D eigenvalue weighted by atomic mass is 19.1. The van der Waals surface area contributed by atoms with Gasteiger partial charge in [0, 0.05) is 11.1 Å². The highest BCUT2D eigenvalue weighted by molar-refractivity contribution is 5.81. The first kappa shape index (κ1) is 17.5. The molecule has 1 aliphatic carbocycles. The van der Waals surface area contributed by atoms with Crippen molar-refractivity contribution in [1.29, 1.82) is 0 Å². The van der Waals surface area contributed by atoms with Crippen LogP contribution in [0, 0.1) is 11.2 Å². The zero-order chi connectivity index (χ0) is 18.4. The van der Waals surface area contributed by atoms with Crippen molar-refractivity contribution < 1.29 is 14.3 Å². The number of carbonyl (C=O) groups is 1. The number of carboxylic acids is 1. The number of hydrogen-bond acceptors (Lipinski definition) is 4. The third-order valence-electron chi connectivity index (χ3n) is 4.33. The molecule has 0 saturated heterocycles. The van der Waals surface area contributed by atoms with Gasteiger partial charge in [-0.15, -0.1) is 0 Å². The van der Waals surface area contributed by atoms with Gasteiger partial charge in [-0.25, -0.2) is 18.9 Å². The molecule has 3 N–H and O–H groups in total. The van der Waals surface area contributed by atoms with E-state index in [-0.39, 0.29) is 17.4 Å². The van der Waals surface area contributed by atoms with Crippen molar-refractivity contribution in [3.05, 3.63) is 35.9 Å². The standard InChI is InChI=1S/C18H23FN4O2/c1-17(2,3)9-18(20,16(24)25)13-7-4-11(8-14(13)19)15-21-10-23(22-15)12-5-6-12/h4,7-8,10,12H,5-6,9,20H2,1-3H3,(H,24,25)/t18-/m1/s1. The first-order chi connectivity index (χ1) is 11.6. The van der Waals surface area contributed by atoms with Crippen molar-refractivity contribution in [2.45, 2.75) is 51.6 Å². The second-order valence-corrected chi connectivity index (χ2v) is 7.99. The molecule has 0 radical (unpaired) electrons. The van der Waals surface area contributed by atoms with Gasteiger partial charge in [-0.2, -0.15) is 5.10 Å². The summed E-state index contributed by atoms with van der Waals surface area (Å²) in [6.45, 7) is 5.62. The maximum Gasteiger partial charge on any atom is 0.328 e. The quantitative estimate of drug-likeness (QED) is 0.867. The number of hydrogen-bond donors (Lipinski definition) is 2. The lowest BCUT2D eigenvalue weighted by Crippen LogP contribution is -2.48.